The van der Waals surface area contributed by atoms with Gasteiger partial charge >= 0.3 is 0 Å². The molecule has 6 nitrogen and oxygen atoms in total. The number of hydrogen-bond acceptors (Lipinski definition) is 4. The number of nitrogens with zero attached hydrogens (tertiary/aromatic N) is 4. The molecule has 0 spiro atoms. The topological polar surface area (TPSA) is 60.2 Å². The van der Waals surface area contributed by atoms with Gasteiger partial charge in [0.1, 0.15) is 36.6 Å². The van der Waals surface area contributed by atoms with Crippen molar-refractivity contribution in [3.05, 3.63) is 82.9 Å². The minimum Gasteiger partial charge on any atom is -0.346 e. The van der Waals surface area contributed by atoms with E-state index in [2.05, 4.69) is 10.1 Å². The molecule has 3 aromatic rings. The average molecular weight is 419 g/mol. The number of aromatic nitrogens is 3. The Kier molecular flexibility index (Phi) is 5.06. The van der Waals surface area contributed by atoms with Crippen LogP contribution in [0.5, 0.6) is 0 Å². The molecule has 1 aliphatic heterocycles. The number of carbonyl (C=O) groups is 1. The van der Waals surface area contributed by atoms with Gasteiger partial charge in [-0.1, -0.05) is 17.7 Å². The molecular formula is C20H17ClF2N4O2. The smallest absolute Gasteiger partial charge is 0.256 e. The number of rotatable bonds is 4. The van der Waals surface area contributed by atoms with Crippen molar-refractivity contribution in [3.8, 4) is 0 Å². The lowest BCUT2D eigenvalue weighted by Crippen LogP contribution is -2.46. The Hall–Kier alpha value is -2.84. The maximum Gasteiger partial charge on any atom is 0.256 e. The zero-order valence-electron chi connectivity index (χ0n) is 15.4. The maximum atomic E-state index is 14.8. The van der Waals surface area contributed by atoms with Crippen LogP contribution in [0, 0.1) is 11.6 Å². The summed E-state index contributed by atoms with van der Waals surface area (Å²) >= 11 is 5.90. The highest BCUT2D eigenvalue weighted by Crippen LogP contribution is 2.41. The predicted octanol–water partition coefficient (Wildman–Crippen LogP) is 3.62. The summed E-state index contributed by atoms with van der Waals surface area (Å²) in [5.41, 5.74) is -0.692. The van der Waals surface area contributed by atoms with Gasteiger partial charge in [-0.2, -0.15) is 5.10 Å². The highest BCUT2D eigenvalue weighted by Gasteiger charge is 2.51. The molecule has 150 valence electrons. The van der Waals surface area contributed by atoms with E-state index in [1.54, 1.807) is 31.2 Å². The molecule has 2 atom stereocenters. The van der Waals surface area contributed by atoms with Crippen LogP contribution in [-0.4, -0.2) is 38.3 Å². The largest absolute Gasteiger partial charge is 0.346 e. The fourth-order valence-electron chi connectivity index (χ4n) is 3.62. The Labute approximate surface area is 170 Å². The first-order chi connectivity index (χ1) is 13.9. The highest BCUT2D eigenvalue weighted by atomic mass is 35.5. The molecule has 2 heterocycles. The van der Waals surface area contributed by atoms with Crippen LogP contribution < -0.4 is 0 Å². The van der Waals surface area contributed by atoms with Crippen LogP contribution in [0.4, 0.5) is 8.78 Å². The second-order valence-corrected chi connectivity index (χ2v) is 7.27. The van der Waals surface area contributed by atoms with Crippen molar-refractivity contribution >= 4 is 17.5 Å². The van der Waals surface area contributed by atoms with E-state index >= 15 is 0 Å². The third kappa shape index (κ3) is 3.49. The van der Waals surface area contributed by atoms with Gasteiger partial charge in [-0.25, -0.2) is 18.4 Å². The third-order valence-electron chi connectivity index (χ3n) is 5.21. The maximum absolute atomic E-state index is 14.8. The number of ether oxygens (including phenoxy) is 1. The summed E-state index contributed by atoms with van der Waals surface area (Å²) in [6.07, 6.45) is 2.83. The normalized spacial score (nSPS) is 21.5. The molecule has 0 bridgehead atoms. The molecular weight excluding hydrogens is 402 g/mol. The molecule has 4 rings (SSSR count). The molecule has 1 aliphatic rings. The Morgan fingerprint density at radius 2 is 2.03 bits per heavy atom. The summed E-state index contributed by atoms with van der Waals surface area (Å²) in [6, 6.07) is 9.22. The minimum atomic E-state index is -1.27. The van der Waals surface area contributed by atoms with Crippen molar-refractivity contribution in [2.24, 2.45) is 0 Å². The van der Waals surface area contributed by atoms with Gasteiger partial charge in [-0.15, -0.1) is 0 Å². The lowest BCUT2D eigenvalue weighted by molar-refractivity contribution is -0.0274. The quantitative estimate of drug-likeness (QED) is 0.649. The molecule has 0 unspecified atom stereocenters. The summed E-state index contributed by atoms with van der Waals surface area (Å²) in [5.74, 6) is -1.73. The standard InChI is InChI=1S/C20H17ClF2N4O2/c1-13-20(9-26-11-24-10-25-26,17-7-6-16(22)8-18(17)23)29-12-27(13)19(28)14-2-4-15(21)5-3-14/h2-8,10-11,13H,9,12H2,1H3/t13-,20-/m1/s1. The second-order valence-electron chi connectivity index (χ2n) is 6.84. The molecule has 0 radical (unpaired) electrons. The minimum absolute atomic E-state index is 0.0614. The molecule has 1 aromatic heterocycles. The molecule has 0 aliphatic carbocycles. The van der Waals surface area contributed by atoms with Crippen molar-refractivity contribution < 1.29 is 18.3 Å². The van der Waals surface area contributed by atoms with Crippen molar-refractivity contribution in [2.75, 3.05) is 6.73 Å². The summed E-state index contributed by atoms with van der Waals surface area (Å²) in [6.45, 7) is 1.80. The van der Waals surface area contributed by atoms with E-state index in [-0.39, 0.29) is 24.7 Å². The zero-order valence-corrected chi connectivity index (χ0v) is 16.2. The van der Waals surface area contributed by atoms with Crippen LogP contribution in [-0.2, 0) is 16.9 Å². The fraction of sp³-hybridized carbons (Fsp3) is 0.250. The van der Waals surface area contributed by atoms with E-state index in [0.29, 0.717) is 10.6 Å². The molecule has 2 aromatic carbocycles. The summed E-state index contributed by atoms with van der Waals surface area (Å²) in [4.78, 5) is 18.5. The van der Waals surface area contributed by atoms with Gasteiger partial charge < -0.3 is 9.64 Å². The van der Waals surface area contributed by atoms with E-state index in [0.717, 1.165) is 6.07 Å². The SMILES string of the molecule is C[C@H]1N(C(=O)c2ccc(Cl)cc2)CO[C@@]1(Cn1cncn1)c1ccc(F)cc1F. The van der Waals surface area contributed by atoms with Gasteiger partial charge in [-0.3, -0.25) is 4.79 Å². The lowest BCUT2D eigenvalue weighted by atomic mass is 9.86. The fourth-order valence-corrected chi connectivity index (χ4v) is 3.74. The molecule has 9 heteroatoms. The molecule has 0 N–H and O–H groups in total. The number of benzene rings is 2. The number of halogens is 3. The Bertz CT molecular complexity index is 1030. The van der Waals surface area contributed by atoms with E-state index < -0.39 is 23.3 Å². The highest BCUT2D eigenvalue weighted by molar-refractivity contribution is 6.30. The van der Waals surface area contributed by atoms with Crippen molar-refractivity contribution in [3.63, 3.8) is 0 Å². The molecule has 1 fully saturated rings. The van der Waals surface area contributed by atoms with Crippen LogP contribution >= 0.6 is 11.6 Å². The van der Waals surface area contributed by atoms with Crippen molar-refractivity contribution in [2.45, 2.75) is 25.1 Å². The Morgan fingerprint density at radius 3 is 2.69 bits per heavy atom. The number of amides is 1. The van der Waals surface area contributed by atoms with Gasteiger partial charge in [-0.05, 0) is 37.3 Å². The van der Waals surface area contributed by atoms with Crippen molar-refractivity contribution in [1.82, 2.24) is 19.7 Å². The van der Waals surface area contributed by atoms with Crippen LogP contribution in [0.1, 0.15) is 22.8 Å². The number of hydrogen-bond donors (Lipinski definition) is 0. The van der Waals surface area contributed by atoms with Gasteiger partial charge in [0, 0.05) is 22.2 Å². The predicted molar refractivity (Wildman–Crippen MR) is 101 cm³/mol. The van der Waals surface area contributed by atoms with E-state index in [9.17, 15) is 13.6 Å². The van der Waals surface area contributed by atoms with Crippen LogP contribution in [0.3, 0.4) is 0 Å². The van der Waals surface area contributed by atoms with E-state index in [1.807, 2.05) is 0 Å². The van der Waals surface area contributed by atoms with E-state index in [1.165, 1.54) is 34.4 Å². The van der Waals surface area contributed by atoms with Crippen LogP contribution in [0.15, 0.2) is 55.1 Å². The number of carbonyl (C=O) groups excluding carboxylic acids is 1. The Balaban J connectivity index is 1.73. The molecule has 29 heavy (non-hydrogen) atoms. The lowest BCUT2D eigenvalue weighted by Gasteiger charge is -2.34. The molecule has 1 saturated heterocycles. The van der Waals surface area contributed by atoms with Gasteiger partial charge in [0.15, 0.2) is 0 Å². The van der Waals surface area contributed by atoms with Crippen molar-refractivity contribution in [1.29, 1.82) is 0 Å². The second kappa shape index (κ2) is 7.53. The summed E-state index contributed by atoms with van der Waals surface area (Å²) in [5, 5.41) is 4.60. The molecule has 1 amide bonds. The average Bonchev–Trinajstić information content (AvgIpc) is 3.31. The van der Waals surface area contributed by atoms with Crippen LogP contribution in [0.25, 0.3) is 0 Å². The monoisotopic (exact) mass is 418 g/mol. The first-order valence-electron chi connectivity index (χ1n) is 8.89. The van der Waals surface area contributed by atoms with E-state index in [4.69, 9.17) is 16.3 Å². The first kappa shape index (κ1) is 19.5. The van der Waals surface area contributed by atoms with Gasteiger partial charge in [0.2, 0.25) is 0 Å². The molecule has 0 saturated carbocycles. The summed E-state index contributed by atoms with van der Waals surface area (Å²) < 4.78 is 35.8. The third-order valence-corrected chi connectivity index (χ3v) is 5.46. The van der Waals surface area contributed by atoms with Gasteiger partial charge in [0.05, 0.1) is 12.6 Å². The van der Waals surface area contributed by atoms with Crippen LogP contribution in [0.2, 0.25) is 5.02 Å². The summed E-state index contributed by atoms with van der Waals surface area (Å²) in [7, 11) is 0. The first-order valence-corrected chi connectivity index (χ1v) is 9.27. The Morgan fingerprint density at radius 1 is 1.28 bits per heavy atom. The zero-order chi connectivity index (χ0) is 20.6. The van der Waals surface area contributed by atoms with Gasteiger partial charge in [0.25, 0.3) is 5.91 Å².